The number of amides is 3. The van der Waals surface area contributed by atoms with Crippen molar-refractivity contribution in [2.24, 2.45) is 17.8 Å². The molecule has 0 saturated carbocycles. The molecule has 0 radical (unpaired) electrons. The van der Waals surface area contributed by atoms with Crippen LogP contribution in [0.25, 0.3) is 6.08 Å². The van der Waals surface area contributed by atoms with Crippen LogP contribution in [0.5, 0.6) is 0 Å². The number of likely N-dealkylation sites (tertiary alicyclic amines) is 1. The molecule has 0 unspecified atom stereocenters. The van der Waals surface area contributed by atoms with Crippen LogP contribution in [-0.4, -0.2) is 47.7 Å². The van der Waals surface area contributed by atoms with Crippen LogP contribution in [0, 0.1) is 17.8 Å². The second-order valence-corrected chi connectivity index (χ2v) is 8.64. The van der Waals surface area contributed by atoms with Crippen LogP contribution >= 0.6 is 0 Å². The van der Waals surface area contributed by atoms with E-state index >= 15 is 0 Å². The quantitative estimate of drug-likeness (QED) is 0.530. The highest BCUT2D eigenvalue weighted by Crippen LogP contribution is 2.49. The third-order valence-electron chi connectivity index (χ3n) is 6.88. The van der Waals surface area contributed by atoms with Gasteiger partial charge in [0, 0.05) is 5.92 Å². The fourth-order valence-electron chi connectivity index (χ4n) is 5.33. The molecule has 8 nitrogen and oxygen atoms in total. The molecule has 3 heterocycles. The zero-order chi connectivity index (χ0) is 23.0. The van der Waals surface area contributed by atoms with E-state index < -0.39 is 29.7 Å². The number of ether oxygens (including phenoxy) is 2. The maximum absolute atomic E-state index is 12.9. The smallest absolute Gasteiger partial charge is 0.423 e. The summed E-state index contributed by atoms with van der Waals surface area (Å²) in [5, 5.41) is 9.18. The number of nitrogens with zero attached hydrogens (tertiary/aromatic N) is 1. The van der Waals surface area contributed by atoms with Gasteiger partial charge >= 0.3 is 6.09 Å². The minimum atomic E-state index is -0.913. The molecule has 2 aliphatic heterocycles. The number of hydrogen-bond acceptors (Lipinski definition) is 7. The van der Waals surface area contributed by atoms with Gasteiger partial charge in [-0.2, -0.15) is 4.90 Å². The first-order valence-corrected chi connectivity index (χ1v) is 11.0. The molecule has 1 aliphatic carbocycles. The lowest BCUT2D eigenvalue weighted by Crippen LogP contribution is -2.37. The molecule has 1 N–H and O–H groups in total. The Balaban J connectivity index is 1.49. The van der Waals surface area contributed by atoms with Crippen LogP contribution in [0.2, 0.25) is 0 Å². The predicted molar refractivity (Wildman–Crippen MR) is 114 cm³/mol. The Morgan fingerprint density at radius 2 is 2.06 bits per heavy atom. The van der Waals surface area contributed by atoms with E-state index in [1.807, 2.05) is 19.1 Å². The lowest BCUT2D eigenvalue weighted by molar-refractivity contribution is -0.137. The van der Waals surface area contributed by atoms with Crippen LogP contribution in [0.3, 0.4) is 0 Å². The van der Waals surface area contributed by atoms with Crippen LogP contribution in [0.15, 0.2) is 33.3 Å². The third kappa shape index (κ3) is 3.82. The van der Waals surface area contributed by atoms with Crippen LogP contribution in [0.1, 0.15) is 51.1 Å². The Hall–Kier alpha value is -2.71. The molecule has 0 bridgehead atoms. The Morgan fingerprint density at radius 1 is 1.28 bits per heavy atom. The summed E-state index contributed by atoms with van der Waals surface area (Å²) in [5.74, 6) is -0.970. The number of furan rings is 1. The van der Waals surface area contributed by atoms with Crippen molar-refractivity contribution in [1.82, 2.24) is 4.90 Å². The first-order chi connectivity index (χ1) is 15.4. The molecule has 0 aromatic carbocycles. The number of imide groups is 3. The molecule has 4 rings (SSSR count). The summed E-state index contributed by atoms with van der Waals surface area (Å²) in [6, 6.07) is 3.60. The highest BCUT2D eigenvalue weighted by Gasteiger charge is 2.58. The van der Waals surface area contributed by atoms with Crippen molar-refractivity contribution in [3.8, 4) is 0 Å². The molecule has 2 saturated heterocycles. The molecule has 3 amide bonds. The summed E-state index contributed by atoms with van der Waals surface area (Å²) >= 11 is 0. The van der Waals surface area contributed by atoms with Gasteiger partial charge in [-0.25, -0.2) is 4.79 Å². The van der Waals surface area contributed by atoms with Crippen molar-refractivity contribution in [2.75, 3.05) is 13.7 Å². The Kier molecular flexibility index (Phi) is 6.35. The maximum Gasteiger partial charge on any atom is 0.423 e. The summed E-state index contributed by atoms with van der Waals surface area (Å²) in [5.41, 5.74) is 3.38. The monoisotopic (exact) mass is 443 g/mol. The maximum atomic E-state index is 12.9. The van der Waals surface area contributed by atoms with Gasteiger partial charge < -0.3 is 19.0 Å². The number of carbonyl (C=O) groups excluding carboxylic acids is 3. The Morgan fingerprint density at radius 3 is 2.72 bits per heavy atom. The Labute approximate surface area is 186 Å². The summed E-state index contributed by atoms with van der Waals surface area (Å²) < 4.78 is 16.3. The fraction of sp³-hybridized carbons (Fsp3) is 0.542. The largest absolute Gasteiger partial charge is 0.459 e. The van der Waals surface area contributed by atoms with Gasteiger partial charge in [-0.05, 0) is 56.4 Å². The number of hydrogen-bond donors (Lipinski definition) is 1. The molecule has 2 fully saturated rings. The van der Waals surface area contributed by atoms with Crippen LogP contribution in [-0.2, 0) is 25.7 Å². The summed E-state index contributed by atoms with van der Waals surface area (Å²) in [6.07, 6.45) is 3.85. The number of allylic oxidation sites excluding steroid dienone is 2. The highest BCUT2D eigenvalue weighted by molar-refractivity contribution is 6.16. The second kappa shape index (κ2) is 9.03. The number of fused-ring (bicyclic) bond motifs is 3. The molecule has 0 spiro atoms. The number of rotatable bonds is 6. The standard InChI is InChI=1S/C24H29NO7/c1-4-14(10-15-6-7-16(11-26)32-15)5-8-19-20-13(2)9-17-21(18(20)12-31-19)23(28)25(22(17)27)24(29)30-3/h6-7,10,17-19,21,26H,4-5,8-9,11-12H2,1-3H3/b14-10+/t17-,18+,19-,21-/m1/s1. The molecular weight excluding hydrogens is 414 g/mol. The fourth-order valence-corrected chi connectivity index (χ4v) is 5.33. The SMILES string of the molecule is CC/C(=C\c1ccc(CO)o1)CC[C@H]1OC[C@H]2C1=C(C)C[C@H]1C(=O)N(C(=O)OC)C(=O)[C@H]12. The zero-order valence-electron chi connectivity index (χ0n) is 18.6. The van der Waals surface area contributed by atoms with Gasteiger partial charge in [0.1, 0.15) is 18.1 Å². The minimum absolute atomic E-state index is 0.115. The van der Waals surface area contributed by atoms with Gasteiger partial charge in [0.2, 0.25) is 11.8 Å². The van der Waals surface area contributed by atoms with Crippen molar-refractivity contribution in [3.05, 3.63) is 40.4 Å². The number of methoxy groups -OCH3 is 1. The number of carbonyl (C=O) groups is 3. The Bertz CT molecular complexity index is 988. The third-order valence-corrected chi connectivity index (χ3v) is 6.88. The molecule has 4 atom stereocenters. The minimum Gasteiger partial charge on any atom is -0.459 e. The first-order valence-electron chi connectivity index (χ1n) is 11.0. The average molecular weight is 443 g/mol. The predicted octanol–water partition coefficient (Wildman–Crippen LogP) is 3.45. The topological polar surface area (TPSA) is 106 Å². The zero-order valence-corrected chi connectivity index (χ0v) is 18.6. The molecular formula is C24H29NO7. The molecule has 1 aromatic rings. The highest BCUT2D eigenvalue weighted by atomic mass is 16.5. The van der Waals surface area contributed by atoms with E-state index in [-0.39, 0.29) is 18.6 Å². The summed E-state index contributed by atoms with van der Waals surface area (Å²) in [4.78, 5) is 38.3. The van der Waals surface area contributed by atoms with E-state index in [4.69, 9.17) is 9.15 Å². The van der Waals surface area contributed by atoms with E-state index in [2.05, 4.69) is 11.7 Å². The molecule has 32 heavy (non-hydrogen) atoms. The molecule has 8 heteroatoms. The van der Waals surface area contributed by atoms with Crippen LogP contribution < -0.4 is 0 Å². The van der Waals surface area contributed by atoms with Gasteiger partial charge in [0.25, 0.3) is 0 Å². The van der Waals surface area contributed by atoms with Gasteiger partial charge in [0.05, 0.1) is 31.7 Å². The van der Waals surface area contributed by atoms with E-state index in [1.54, 1.807) is 6.07 Å². The van der Waals surface area contributed by atoms with Crippen molar-refractivity contribution in [3.63, 3.8) is 0 Å². The number of aliphatic hydroxyl groups excluding tert-OH is 1. The van der Waals surface area contributed by atoms with Crippen molar-refractivity contribution < 1.29 is 33.4 Å². The van der Waals surface area contributed by atoms with Crippen molar-refractivity contribution in [1.29, 1.82) is 0 Å². The molecule has 172 valence electrons. The van der Waals surface area contributed by atoms with Crippen LogP contribution in [0.4, 0.5) is 4.79 Å². The van der Waals surface area contributed by atoms with Gasteiger partial charge in [0.15, 0.2) is 0 Å². The lowest BCUT2D eigenvalue weighted by atomic mass is 9.70. The molecule has 3 aliphatic rings. The summed E-state index contributed by atoms with van der Waals surface area (Å²) in [7, 11) is 1.17. The second-order valence-electron chi connectivity index (χ2n) is 8.64. The van der Waals surface area contributed by atoms with Crippen molar-refractivity contribution in [2.45, 2.75) is 52.2 Å². The van der Waals surface area contributed by atoms with Gasteiger partial charge in [-0.3, -0.25) is 9.59 Å². The van der Waals surface area contributed by atoms with Gasteiger partial charge in [-0.15, -0.1) is 0 Å². The van der Waals surface area contributed by atoms with E-state index in [9.17, 15) is 19.5 Å². The normalized spacial score (nSPS) is 27.8. The first kappa shape index (κ1) is 22.5. The van der Waals surface area contributed by atoms with E-state index in [1.165, 1.54) is 12.7 Å². The van der Waals surface area contributed by atoms with E-state index in [0.29, 0.717) is 29.4 Å². The summed E-state index contributed by atoms with van der Waals surface area (Å²) in [6.45, 7) is 4.32. The van der Waals surface area contributed by atoms with E-state index in [0.717, 1.165) is 30.4 Å². The van der Waals surface area contributed by atoms with Gasteiger partial charge in [-0.1, -0.05) is 18.1 Å². The number of aliphatic hydroxyl groups is 1. The average Bonchev–Trinajstić information content (AvgIpc) is 3.48. The van der Waals surface area contributed by atoms with Crippen molar-refractivity contribution >= 4 is 24.0 Å². The lowest BCUT2D eigenvalue weighted by Gasteiger charge is -2.30. The molecule has 1 aromatic heterocycles.